The molecule has 1 N–H and O–H groups in total. The van der Waals surface area contributed by atoms with Gasteiger partial charge in [-0.3, -0.25) is 0 Å². The average Bonchev–Trinajstić information content (AvgIpc) is 2.46. The third-order valence-corrected chi connectivity index (χ3v) is 5.03. The summed E-state index contributed by atoms with van der Waals surface area (Å²) in [5, 5.41) is 0.478. The summed E-state index contributed by atoms with van der Waals surface area (Å²) in [6.45, 7) is 1.54. The second kappa shape index (κ2) is 6.51. The van der Waals surface area contributed by atoms with Gasteiger partial charge in [-0.05, 0) is 36.8 Å². The molecule has 0 fully saturated rings. The Labute approximate surface area is 137 Å². The Morgan fingerprint density at radius 2 is 1.61 bits per heavy atom. The molecular formula is C15H13ClF3NO2S. The van der Waals surface area contributed by atoms with Gasteiger partial charge < -0.3 is 0 Å². The molecule has 0 aromatic heterocycles. The lowest BCUT2D eigenvalue weighted by molar-refractivity contribution is -0.139. The van der Waals surface area contributed by atoms with Gasteiger partial charge in [0, 0.05) is 11.1 Å². The van der Waals surface area contributed by atoms with Crippen molar-refractivity contribution < 1.29 is 21.6 Å². The third kappa shape index (κ3) is 4.25. The van der Waals surface area contributed by atoms with Crippen molar-refractivity contribution in [1.82, 2.24) is 4.72 Å². The summed E-state index contributed by atoms with van der Waals surface area (Å²) in [5.41, 5.74) is -0.613. The molecule has 0 saturated carbocycles. The smallest absolute Gasteiger partial charge is 0.207 e. The molecule has 0 amide bonds. The van der Waals surface area contributed by atoms with E-state index >= 15 is 0 Å². The van der Waals surface area contributed by atoms with Crippen molar-refractivity contribution in [1.29, 1.82) is 0 Å². The monoisotopic (exact) mass is 363 g/mol. The van der Waals surface area contributed by atoms with E-state index in [4.69, 9.17) is 11.6 Å². The minimum atomic E-state index is -4.76. The van der Waals surface area contributed by atoms with Crippen LogP contribution in [0.25, 0.3) is 0 Å². The maximum atomic E-state index is 13.0. The van der Waals surface area contributed by atoms with Gasteiger partial charge in [-0.1, -0.05) is 35.9 Å². The first-order valence-electron chi connectivity index (χ1n) is 6.55. The minimum Gasteiger partial charge on any atom is -0.207 e. The summed E-state index contributed by atoms with van der Waals surface area (Å²) in [5.74, 6) is 0. The second-order valence-electron chi connectivity index (χ2n) is 4.89. The number of hydrogen-bond donors (Lipinski definition) is 1. The summed E-state index contributed by atoms with van der Waals surface area (Å²) in [7, 11) is -4.33. The van der Waals surface area contributed by atoms with E-state index in [1.54, 1.807) is 24.3 Å². The van der Waals surface area contributed by atoms with Gasteiger partial charge in [-0.25, -0.2) is 13.1 Å². The lowest BCUT2D eigenvalue weighted by Crippen LogP contribution is -2.28. The number of halogens is 4. The van der Waals surface area contributed by atoms with Crippen LogP contribution >= 0.6 is 11.6 Å². The van der Waals surface area contributed by atoms with E-state index in [0.717, 1.165) is 18.2 Å². The normalized spacial score (nSPS) is 13.8. The molecule has 0 saturated heterocycles. The Balaban J connectivity index is 2.35. The number of benzene rings is 2. The van der Waals surface area contributed by atoms with Crippen LogP contribution < -0.4 is 4.72 Å². The lowest BCUT2D eigenvalue weighted by atomic mass is 10.1. The number of rotatable bonds is 4. The van der Waals surface area contributed by atoms with E-state index in [1.807, 2.05) is 0 Å². The summed E-state index contributed by atoms with van der Waals surface area (Å²) in [4.78, 5) is -0.798. The molecule has 0 aliphatic rings. The molecule has 1 atom stereocenters. The number of hydrogen-bond acceptors (Lipinski definition) is 2. The van der Waals surface area contributed by atoms with E-state index in [-0.39, 0.29) is 0 Å². The van der Waals surface area contributed by atoms with Crippen LogP contribution in [0.3, 0.4) is 0 Å². The molecule has 0 bridgehead atoms. The van der Waals surface area contributed by atoms with Gasteiger partial charge in [-0.15, -0.1) is 0 Å². The highest BCUT2D eigenvalue weighted by atomic mass is 35.5. The van der Waals surface area contributed by atoms with Crippen LogP contribution in [0.4, 0.5) is 13.2 Å². The van der Waals surface area contributed by atoms with Crippen molar-refractivity contribution in [2.45, 2.75) is 24.0 Å². The SMILES string of the molecule is CC(NS(=O)(=O)c1ccccc1C(F)(F)F)c1ccc(Cl)cc1. The van der Waals surface area contributed by atoms with Crippen LogP contribution in [0.15, 0.2) is 53.4 Å². The lowest BCUT2D eigenvalue weighted by Gasteiger charge is -2.17. The van der Waals surface area contributed by atoms with Crippen LogP contribution in [0.2, 0.25) is 5.02 Å². The Bertz CT molecular complexity index is 789. The fraction of sp³-hybridized carbons (Fsp3) is 0.200. The predicted molar refractivity (Wildman–Crippen MR) is 81.6 cm³/mol. The van der Waals surface area contributed by atoms with Crippen LogP contribution in [-0.4, -0.2) is 8.42 Å². The molecule has 2 aromatic carbocycles. The van der Waals surface area contributed by atoms with Gasteiger partial charge in [0.25, 0.3) is 0 Å². The highest BCUT2D eigenvalue weighted by molar-refractivity contribution is 7.89. The minimum absolute atomic E-state index is 0.478. The van der Waals surface area contributed by atoms with Crippen LogP contribution in [0.5, 0.6) is 0 Å². The van der Waals surface area contributed by atoms with Gasteiger partial charge in [0.2, 0.25) is 10.0 Å². The standard InChI is InChI=1S/C15H13ClF3NO2S/c1-10(11-6-8-12(16)9-7-11)20-23(21,22)14-5-3-2-4-13(14)15(17,18)19/h2-10,20H,1H3. The molecule has 0 aliphatic heterocycles. The average molecular weight is 364 g/mol. The van der Waals surface area contributed by atoms with Crippen molar-refractivity contribution in [2.75, 3.05) is 0 Å². The first-order valence-corrected chi connectivity index (χ1v) is 8.41. The summed E-state index contributed by atoms with van der Waals surface area (Å²) in [6.07, 6.45) is -4.76. The molecule has 0 spiro atoms. The van der Waals surface area contributed by atoms with Gasteiger partial charge in [-0.2, -0.15) is 13.2 Å². The summed E-state index contributed by atoms with van der Waals surface area (Å²) in [6, 6.07) is 9.70. The maximum absolute atomic E-state index is 13.0. The first kappa shape index (κ1) is 17.8. The largest absolute Gasteiger partial charge is 0.417 e. The molecule has 8 heteroatoms. The summed E-state index contributed by atoms with van der Waals surface area (Å²) < 4.78 is 65.8. The predicted octanol–water partition coefficient (Wildman–Crippen LogP) is 4.40. The van der Waals surface area contributed by atoms with Gasteiger partial charge in [0.1, 0.15) is 0 Å². The molecule has 0 radical (unpaired) electrons. The Kier molecular flexibility index (Phi) is 5.03. The Hall–Kier alpha value is -1.57. The molecule has 0 aliphatic carbocycles. The molecule has 3 nitrogen and oxygen atoms in total. The summed E-state index contributed by atoms with van der Waals surface area (Å²) >= 11 is 5.75. The molecule has 124 valence electrons. The molecule has 0 heterocycles. The highest BCUT2D eigenvalue weighted by Crippen LogP contribution is 2.34. The highest BCUT2D eigenvalue weighted by Gasteiger charge is 2.37. The van der Waals surface area contributed by atoms with Crippen molar-refractivity contribution >= 4 is 21.6 Å². The maximum Gasteiger partial charge on any atom is 0.417 e. The van der Waals surface area contributed by atoms with E-state index in [9.17, 15) is 21.6 Å². The number of alkyl halides is 3. The number of nitrogens with one attached hydrogen (secondary N) is 1. The Morgan fingerprint density at radius 1 is 1.04 bits per heavy atom. The van der Waals surface area contributed by atoms with E-state index < -0.39 is 32.7 Å². The first-order chi connectivity index (χ1) is 10.6. The zero-order chi connectivity index (χ0) is 17.3. The number of sulfonamides is 1. The van der Waals surface area contributed by atoms with E-state index in [0.29, 0.717) is 10.6 Å². The van der Waals surface area contributed by atoms with Crippen molar-refractivity contribution in [3.8, 4) is 0 Å². The molecule has 2 aromatic rings. The fourth-order valence-electron chi connectivity index (χ4n) is 2.05. The quantitative estimate of drug-likeness (QED) is 0.875. The topological polar surface area (TPSA) is 46.2 Å². The molecule has 2 rings (SSSR count). The van der Waals surface area contributed by atoms with Crippen LogP contribution in [-0.2, 0) is 16.2 Å². The van der Waals surface area contributed by atoms with Crippen molar-refractivity contribution in [2.24, 2.45) is 0 Å². The molecule has 23 heavy (non-hydrogen) atoms. The molecular weight excluding hydrogens is 351 g/mol. The Morgan fingerprint density at radius 3 is 2.17 bits per heavy atom. The van der Waals surface area contributed by atoms with Crippen LogP contribution in [0.1, 0.15) is 24.1 Å². The third-order valence-electron chi connectivity index (χ3n) is 3.18. The van der Waals surface area contributed by atoms with E-state index in [1.165, 1.54) is 13.0 Å². The van der Waals surface area contributed by atoms with Gasteiger partial charge in [0.15, 0.2) is 0 Å². The van der Waals surface area contributed by atoms with Crippen molar-refractivity contribution in [3.63, 3.8) is 0 Å². The van der Waals surface area contributed by atoms with Crippen molar-refractivity contribution in [3.05, 3.63) is 64.7 Å². The zero-order valence-electron chi connectivity index (χ0n) is 11.9. The van der Waals surface area contributed by atoms with Crippen LogP contribution in [0, 0.1) is 0 Å². The van der Waals surface area contributed by atoms with E-state index in [2.05, 4.69) is 4.72 Å². The van der Waals surface area contributed by atoms with Gasteiger partial charge in [0.05, 0.1) is 10.5 Å². The second-order valence-corrected chi connectivity index (χ2v) is 7.01. The zero-order valence-corrected chi connectivity index (χ0v) is 13.5. The fourth-order valence-corrected chi connectivity index (χ4v) is 3.64. The van der Waals surface area contributed by atoms with Gasteiger partial charge >= 0.3 is 6.18 Å². The molecule has 1 unspecified atom stereocenters.